The highest BCUT2D eigenvalue weighted by Gasteiger charge is 2.30. The summed E-state index contributed by atoms with van der Waals surface area (Å²) in [6, 6.07) is 71.1. The number of para-hydroxylation sites is 4. The van der Waals surface area contributed by atoms with Crippen LogP contribution in [0.3, 0.4) is 0 Å². The molecule has 4 heteroatoms. The molecule has 0 spiro atoms. The summed E-state index contributed by atoms with van der Waals surface area (Å²) in [5, 5.41) is 10.1. The number of nitrogens with zero attached hydrogens (tertiary/aromatic N) is 4. The van der Waals surface area contributed by atoms with Crippen molar-refractivity contribution in [1.82, 2.24) is 9.13 Å². The average Bonchev–Trinajstić information content (AvgIpc) is 3.86. The lowest BCUT2D eigenvalue weighted by Crippen LogP contribution is -2.33. The van der Waals surface area contributed by atoms with Gasteiger partial charge >= 0.3 is 0 Å². The molecule has 2 aliphatic rings. The fourth-order valence-corrected chi connectivity index (χ4v) is 11.1. The average molecular weight is 847 g/mol. The molecular weight excluding hydrogens is 801 g/mol. The molecule has 0 saturated carbocycles. The molecule has 0 unspecified atom stereocenters. The van der Waals surface area contributed by atoms with Crippen molar-refractivity contribution in [3.05, 3.63) is 235 Å². The summed E-state index contributed by atoms with van der Waals surface area (Å²) < 4.78 is 4.91. The number of benzene rings is 9. The second kappa shape index (κ2) is 15.5. The quantitative estimate of drug-likeness (QED) is 0.173. The maximum Gasteiger partial charge on any atom is 0.141 e. The van der Waals surface area contributed by atoms with Crippen molar-refractivity contribution in [3.8, 4) is 5.69 Å². The van der Waals surface area contributed by atoms with Crippen molar-refractivity contribution in [2.45, 2.75) is 26.2 Å². The van der Waals surface area contributed by atoms with Gasteiger partial charge in [-0.2, -0.15) is 0 Å². The number of anilines is 1. The van der Waals surface area contributed by atoms with Gasteiger partial charge in [-0.1, -0.05) is 170 Å². The minimum Gasteiger partial charge on any atom is -0.322 e. The van der Waals surface area contributed by atoms with Gasteiger partial charge in [0.25, 0.3) is 0 Å². The van der Waals surface area contributed by atoms with Crippen LogP contribution in [0.4, 0.5) is 11.4 Å². The molecule has 0 N–H and O–H groups in total. The van der Waals surface area contributed by atoms with Crippen LogP contribution < -0.4 is 4.90 Å². The summed E-state index contributed by atoms with van der Waals surface area (Å²) in [7, 11) is 0. The Kier molecular flexibility index (Phi) is 8.99. The van der Waals surface area contributed by atoms with E-state index in [1.165, 1.54) is 98.7 Å². The third-order valence-corrected chi connectivity index (χ3v) is 14.1. The van der Waals surface area contributed by atoms with Crippen molar-refractivity contribution >= 4 is 93.6 Å². The van der Waals surface area contributed by atoms with Gasteiger partial charge in [0.2, 0.25) is 0 Å². The van der Waals surface area contributed by atoms with Gasteiger partial charge in [-0.25, -0.2) is 4.99 Å². The zero-order valence-electron chi connectivity index (χ0n) is 36.8. The first-order chi connectivity index (χ1) is 32.7. The monoisotopic (exact) mass is 846 g/mol. The summed E-state index contributed by atoms with van der Waals surface area (Å²) in [6.07, 6.45) is 9.61. The van der Waals surface area contributed by atoms with Gasteiger partial charge < -0.3 is 14.0 Å². The molecule has 2 aromatic heterocycles. The van der Waals surface area contributed by atoms with E-state index in [-0.39, 0.29) is 0 Å². The predicted octanol–water partition coefficient (Wildman–Crippen LogP) is 15.8. The SMILES string of the molecule is CCC1=C(c2cccc3c2c2ccccc2n3-c2ccccc2)C(N2C/C=C\C(n3c4ccccc4c4c5ccccc5ccc43)=C/Cc3c2ccc2ccccc32)=Nc2ccccc2C1. The molecule has 0 radical (unpaired) electrons. The number of aliphatic imine (C=N–C) groups is 1. The lowest BCUT2D eigenvalue weighted by Gasteiger charge is -2.30. The molecule has 13 rings (SSSR count). The minimum absolute atomic E-state index is 0.617. The number of fused-ring (bicyclic) bond motifs is 12. The third kappa shape index (κ3) is 5.95. The molecule has 4 nitrogen and oxygen atoms in total. The summed E-state index contributed by atoms with van der Waals surface area (Å²) in [5.41, 5.74) is 15.7. The Hall–Kier alpha value is -8.21. The molecule has 9 aromatic carbocycles. The van der Waals surface area contributed by atoms with Crippen LogP contribution in [0.25, 0.3) is 82.1 Å². The lowest BCUT2D eigenvalue weighted by atomic mass is 9.89. The van der Waals surface area contributed by atoms with E-state index >= 15 is 0 Å². The molecule has 66 heavy (non-hydrogen) atoms. The second-order valence-electron chi connectivity index (χ2n) is 17.6. The Balaban J connectivity index is 1.07. The summed E-state index contributed by atoms with van der Waals surface area (Å²) in [4.78, 5) is 8.38. The lowest BCUT2D eigenvalue weighted by molar-refractivity contribution is 1.01. The van der Waals surface area contributed by atoms with Crippen molar-refractivity contribution in [2.24, 2.45) is 4.99 Å². The Bertz CT molecular complexity index is 3890. The van der Waals surface area contributed by atoms with Crippen LogP contribution in [0, 0.1) is 0 Å². The smallest absolute Gasteiger partial charge is 0.141 e. The van der Waals surface area contributed by atoms with Crippen molar-refractivity contribution in [1.29, 1.82) is 0 Å². The molecule has 0 saturated heterocycles. The van der Waals surface area contributed by atoms with E-state index in [1.54, 1.807) is 0 Å². The second-order valence-corrected chi connectivity index (χ2v) is 17.6. The highest BCUT2D eigenvalue weighted by atomic mass is 15.2. The maximum atomic E-state index is 5.85. The Labute approximate surface area is 384 Å². The van der Waals surface area contributed by atoms with E-state index in [1.807, 2.05) is 0 Å². The molecule has 2 aliphatic heterocycles. The van der Waals surface area contributed by atoms with Crippen molar-refractivity contribution in [3.63, 3.8) is 0 Å². The van der Waals surface area contributed by atoms with Gasteiger partial charge in [0.15, 0.2) is 0 Å². The first-order valence-corrected chi connectivity index (χ1v) is 23.3. The number of rotatable bonds is 4. The van der Waals surface area contributed by atoms with Crippen LogP contribution >= 0.6 is 0 Å². The van der Waals surface area contributed by atoms with E-state index in [0.717, 1.165) is 42.2 Å². The van der Waals surface area contributed by atoms with E-state index in [4.69, 9.17) is 4.99 Å². The van der Waals surface area contributed by atoms with E-state index < -0.39 is 0 Å². The van der Waals surface area contributed by atoms with Gasteiger partial charge in [0.1, 0.15) is 5.84 Å². The van der Waals surface area contributed by atoms with E-state index in [9.17, 15) is 0 Å². The highest BCUT2D eigenvalue weighted by Crippen LogP contribution is 2.44. The maximum absolute atomic E-state index is 5.85. The van der Waals surface area contributed by atoms with Crippen molar-refractivity contribution < 1.29 is 0 Å². The fraction of sp³-hybridized carbons (Fsp3) is 0.0806. The molecule has 4 heterocycles. The number of allylic oxidation sites excluding steroid dienone is 4. The van der Waals surface area contributed by atoms with Gasteiger partial charge in [0.05, 0.1) is 27.8 Å². The van der Waals surface area contributed by atoms with Crippen LogP contribution in [0.15, 0.2) is 223 Å². The Morgan fingerprint density at radius 2 is 1.15 bits per heavy atom. The zero-order valence-corrected chi connectivity index (χ0v) is 36.8. The molecule has 0 aliphatic carbocycles. The van der Waals surface area contributed by atoms with E-state index in [2.05, 4.69) is 233 Å². The van der Waals surface area contributed by atoms with Crippen molar-refractivity contribution in [2.75, 3.05) is 11.4 Å². The largest absolute Gasteiger partial charge is 0.322 e. The Morgan fingerprint density at radius 1 is 0.515 bits per heavy atom. The predicted molar refractivity (Wildman–Crippen MR) is 281 cm³/mol. The Morgan fingerprint density at radius 3 is 1.97 bits per heavy atom. The fourth-order valence-electron chi connectivity index (χ4n) is 11.1. The zero-order chi connectivity index (χ0) is 43.7. The first kappa shape index (κ1) is 38.3. The van der Waals surface area contributed by atoms with Gasteiger partial charge in [-0.05, 0) is 112 Å². The third-order valence-electron chi connectivity index (χ3n) is 14.1. The molecule has 314 valence electrons. The van der Waals surface area contributed by atoms with Gasteiger partial charge in [0, 0.05) is 50.7 Å². The van der Waals surface area contributed by atoms with Crippen LogP contribution in [0.5, 0.6) is 0 Å². The van der Waals surface area contributed by atoms with Crippen LogP contribution in [0.2, 0.25) is 0 Å². The molecule has 0 amide bonds. The van der Waals surface area contributed by atoms with Crippen LogP contribution in [-0.2, 0) is 12.8 Å². The normalized spacial score (nSPS) is 15.6. The summed E-state index contributed by atoms with van der Waals surface area (Å²) >= 11 is 0. The molecular formula is C62H46N4. The van der Waals surface area contributed by atoms with Crippen LogP contribution in [-0.4, -0.2) is 21.5 Å². The molecule has 0 atom stereocenters. The molecule has 0 bridgehead atoms. The van der Waals surface area contributed by atoms with Crippen LogP contribution in [0.1, 0.15) is 30.0 Å². The molecule has 0 fully saturated rings. The standard InChI is InChI=1S/C62H46N4/c1-2-41-40-44-20-8-13-29-53(44)63-62(59(41)52-28-16-32-57-61(52)51-27-12-15-31-56(51)65(57)45-21-4-3-5-22-45)64-39-17-23-46(35-36-49-47-24-9-6-18-42(47)33-37-54(49)64)66-55-30-14-11-26-50(55)60-48-25-10-7-19-43(48)34-38-58(60)66/h3-35,37-38H,2,36,39-40H2,1H3/b23-17-,46-35+. The number of aromatic nitrogens is 2. The first-order valence-electron chi connectivity index (χ1n) is 23.3. The summed E-state index contributed by atoms with van der Waals surface area (Å²) in [6.45, 7) is 2.94. The topological polar surface area (TPSA) is 25.5 Å². The number of hydrogen-bond acceptors (Lipinski definition) is 2. The summed E-state index contributed by atoms with van der Waals surface area (Å²) in [5.74, 6) is 0.980. The highest BCUT2D eigenvalue weighted by molar-refractivity contribution is 6.35. The molecule has 11 aromatic rings. The van der Waals surface area contributed by atoms with E-state index in [0.29, 0.717) is 6.54 Å². The minimum atomic E-state index is 0.617. The number of amidine groups is 1. The number of hydrogen-bond donors (Lipinski definition) is 0. The van der Waals surface area contributed by atoms with Gasteiger partial charge in [-0.3, -0.25) is 0 Å². The van der Waals surface area contributed by atoms with Gasteiger partial charge in [-0.15, -0.1) is 0 Å².